The first-order chi connectivity index (χ1) is 5.78. The Labute approximate surface area is 74.8 Å². The number of hydrogen-bond donors (Lipinski definition) is 0. The van der Waals surface area contributed by atoms with Gasteiger partial charge in [0.15, 0.2) is 0 Å². The molecule has 2 saturated carbocycles. The summed E-state index contributed by atoms with van der Waals surface area (Å²) in [6, 6.07) is 2.57. The Bertz CT molecular complexity index is 202. The molecule has 2 bridgehead atoms. The van der Waals surface area contributed by atoms with Crippen molar-refractivity contribution in [1.82, 2.24) is 0 Å². The third-order valence-electron chi connectivity index (χ3n) is 3.92. The summed E-state index contributed by atoms with van der Waals surface area (Å²) in [5, 5.41) is 9.15. The summed E-state index contributed by atoms with van der Waals surface area (Å²) in [7, 11) is 0. The number of nitrogens with zero attached hydrogens (tertiary/aromatic N) is 1. The Kier molecular flexibility index (Phi) is 1.87. The molecule has 0 saturated heterocycles. The van der Waals surface area contributed by atoms with E-state index in [1.54, 1.807) is 0 Å². The molecular weight excluding hydrogens is 146 g/mol. The summed E-state index contributed by atoms with van der Waals surface area (Å²) in [4.78, 5) is 0. The lowest BCUT2D eigenvalue weighted by atomic mass is 9.68. The molecule has 1 unspecified atom stereocenters. The van der Waals surface area contributed by atoms with E-state index in [4.69, 9.17) is 5.26 Å². The van der Waals surface area contributed by atoms with Crippen molar-refractivity contribution in [3.05, 3.63) is 0 Å². The van der Waals surface area contributed by atoms with Gasteiger partial charge in [0.05, 0.1) is 11.5 Å². The highest BCUT2D eigenvalue weighted by atomic mass is 14.5. The van der Waals surface area contributed by atoms with Crippen LogP contribution in [0.5, 0.6) is 0 Å². The van der Waals surface area contributed by atoms with Crippen LogP contribution >= 0.6 is 0 Å². The van der Waals surface area contributed by atoms with Crippen LogP contribution in [0.15, 0.2) is 0 Å². The van der Waals surface area contributed by atoms with Gasteiger partial charge in [-0.2, -0.15) is 5.26 Å². The van der Waals surface area contributed by atoms with E-state index in [1.165, 1.54) is 32.1 Å². The molecule has 0 N–H and O–H groups in total. The highest BCUT2D eigenvalue weighted by Crippen LogP contribution is 2.51. The fourth-order valence-electron chi connectivity index (χ4n) is 3.20. The molecule has 0 aromatic heterocycles. The summed E-state index contributed by atoms with van der Waals surface area (Å²) in [5.74, 6) is 1.78. The van der Waals surface area contributed by atoms with Gasteiger partial charge in [-0.15, -0.1) is 0 Å². The summed E-state index contributed by atoms with van der Waals surface area (Å²) in [6.07, 6.45) is 7.66. The van der Waals surface area contributed by atoms with Gasteiger partial charge < -0.3 is 0 Å². The van der Waals surface area contributed by atoms with Crippen molar-refractivity contribution in [2.75, 3.05) is 0 Å². The van der Waals surface area contributed by atoms with Crippen LogP contribution in [-0.2, 0) is 0 Å². The van der Waals surface area contributed by atoms with Crippen molar-refractivity contribution in [3.63, 3.8) is 0 Å². The first-order valence-electron chi connectivity index (χ1n) is 5.19. The van der Waals surface area contributed by atoms with Crippen LogP contribution in [0, 0.1) is 28.6 Å². The van der Waals surface area contributed by atoms with E-state index in [1.807, 2.05) is 0 Å². The molecule has 0 radical (unpaired) electrons. The van der Waals surface area contributed by atoms with Gasteiger partial charge in [-0.25, -0.2) is 0 Å². The quantitative estimate of drug-likeness (QED) is 0.582. The zero-order chi connectivity index (χ0) is 8.60. The fraction of sp³-hybridized carbons (Fsp3) is 0.909. The zero-order valence-electron chi connectivity index (χ0n) is 7.84. The lowest BCUT2D eigenvalue weighted by Crippen LogP contribution is -2.27. The van der Waals surface area contributed by atoms with Crippen molar-refractivity contribution in [2.45, 2.75) is 45.4 Å². The molecule has 0 spiro atoms. The van der Waals surface area contributed by atoms with Gasteiger partial charge in [-0.3, -0.25) is 0 Å². The van der Waals surface area contributed by atoms with E-state index in [9.17, 15) is 0 Å². The number of hydrogen-bond acceptors (Lipinski definition) is 1. The topological polar surface area (TPSA) is 23.8 Å². The van der Waals surface area contributed by atoms with Crippen LogP contribution in [-0.4, -0.2) is 0 Å². The van der Waals surface area contributed by atoms with E-state index >= 15 is 0 Å². The molecule has 0 aromatic rings. The molecule has 66 valence electrons. The summed E-state index contributed by atoms with van der Waals surface area (Å²) < 4.78 is 0. The molecule has 1 heteroatoms. The van der Waals surface area contributed by atoms with Gasteiger partial charge in [0.25, 0.3) is 0 Å². The van der Waals surface area contributed by atoms with Crippen LogP contribution in [0.1, 0.15) is 45.4 Å². The lowest BCUT2D eigenvalue weighted by Gasteiger charge is -2.34. The predicted molar refractivity (Wildman–Crippen MR) is 48.4 cm³/mol. The molecule has 0 aliphatic heterocycles. The highest BCUT2D eigenvalue weighted by molar-refractivity contribution is 5.05. The lowest BCUT2D eigenvalue weighted by molar-refractivity contribution is 0.186. The van der Waals surface area contributed by atoms with Crippen LogP contribution < -0.4 is 0 Å². The largest absolute Gasteiger partial charge is 0.198 e. The van der Waals surface area contributed by atoms with Gasteiger partial charge in [0.2, 0.25) is 0 Å². The molecule has 2 rings (SSSR count). The maximum absolute atomic E-state index is 9.15. The summed E-state index contributed by atoms with van der Waals surface area (Å²) in [6.45, 7) is 2.17. The minimum absolute atomic E-state index is 0.0735. The molecule has 0 heterocycles. The van der Waals surface area contributed by atoms with Gasteiger partial charge in [-0.1, -0.05) is 19.8 Å². The first kappa shape index (κ1) is 8.10. The predicted octanol–water partition coefficient (Wildman–Crippen LogP) is 3.12. The monoisotopic (exact) mass is 163 g/mol. The average molecular weight is 163 g/mol. The van der Waals surface area contributed by atoms with E-state index in [0.717, 1.165) is 18.3 Å². The second-order valence-electron chi connectivity index (χ2n) is 4.70. The van der Waals surface area contributed by atoms with Gasteiger partial charge in [0.1, 0.15) is 0 Å². The SMILES string of the molecule is CCC1(C#N)C[C@@H]2CC[C@@H](C2)C1. The minimum atomic E-state index is 0.0735. The summed E-state index contributed by atoms with van der Waals surface area (Å²) >= 11 is 0. The maximum atomic E-state index is 9.15. The molecule has 2 aliphatic carbocycles. The molecule has 0 aromatic carbocycles. The molecule has 1 nitrogen and oxygen atoms in total. The highest BCUT2D eigenvalue weighted by Gasteiger charge is 2.42. The molecule has 0 amide bonds. The standard InChI is InChI=1S/C11H17N/c1-2-11(8-12)6-9-3-4-10(5-9)7-11/h9-10H,2-7H2,1H3/t9-,10+,11?. The van der Waals surface area contributed by atoms with Gasteiger partial charge in [0, 0.05) is 0 Å². The van der Waals surface area contributed by atoms with E-state index < -0.39 is 0 Å². The molecule has 2 aliphatic rings. The second kappa shape index (κ2) is 2.76. The number of nitriles is 1. The fourth-order valence-corrected chi connectivity index (χ4v) is 3.20. The third kappa shape index (κ3) is 1.14. The maximum Gasteiger partial charge on any atom is 0.0689 e. The number of rotatable bonds is 1. The van der Waals surface area contributed by atoms with Crippen LogP contribution in [0.3, 0.4) is 0 Å². The normalized spacial score (nSPS) is 45.7. The summed E-state index contributed by atoms with van der Waals surface area (Å²) in [5.41, 5.74) is 0.0735. The minimum Gasteiger partial charge on any atom is -0.198 e. The van der Waals surface area contributed by atoms with Crippen molar-refractivity contribution in [2.24, 2.45) is 17.3 Å². The molecule has 12 heavy (non-hydrogen) atoms. The molecular formula is C11H17N. The third-order valence-corrected chi connectivity index (χ3v) is 3.92. The number of fused-ring (bicyclic) bond motifs is 2. The Hall–Kier alpha value is -0.510. The van der Waals surface area contributed by atoms with Gasteiger partial charge >= 0.3 is 0 Å². The zero-order valence-corrected chi connectivity index (χ0v) is 7.84. The van der Waals surface area contributed by atoms with Crippen molar-refractivity contribution in [1.29, 1.82) is 5.26 Å². The smallest absolute Gasteiger partial charge is 0.0689 e. The van der Waals surface area contributed by atoms with Crippen LogP contribution in [0.2, 0.25) is 0 Å². The first-order valence-corrected chi connectivity index (χ1v) is 5.19. The van der Waals surface area contributed by atoms with Crippen LogP contribution in [0.25, 0.3) is 0 Å². The Morgan fingerprint density at radius 2 is 1.92 bits per heavy atom. The van der Waals surface area contributed by atoms with Crippen LogP contribution in [0.4, 0.5) is 0 Å². The molecule has 2 fully saturated rings. The van der Waals surface area contributed by atoms with Crippen molar-refractivity contribution in [3.8, 4) is 6.07 Å². The van der Waals surface area contributed by atoms with E-state index in [0.29, 0.717) is 0 Å². The Morgan fingerprint density at radius 1 is 1.33 bits per heavy atom. The van der Waals surface area contributed by atoms with Crippen molar-refractivity contribution >= 4 is 0 Å². The average Bonchev–Trinajstić information content (AvgIpc) is 2.46. The van der Waals surface area contributed by atoms with E-state index in [2.05, 4.69) is 13.0 Å². The van der Waals surface area contributed by atoms with E-state index in [-0.39, 0.29) is 5.41 Å². The van der Waals surface area contributed by atoms with Crippen molar-refractivity contribution < 1.29 is 0 Å². The molecule has 3 atom stereocenters. The Morgan fingerprint density at radius 3 is 2.33 bits per heavy atom. The van der Waals surface area contributed by atoms with Gasteiger partial charge in [-0.05, 0) is 37.5 Å². The second-order valence-corrected chi connectivity index (χ2v) is 4.70. The Balaban J connectivity index is 2.15.